The molecule has 2 amide bonds. The topological polar surface area (TPSA) is 124 Å². The van der Waals surface area contributed by atoms with E-state index in [-0.39, 0.29) is 16.8 Å². The molecule has 1 atom stereocenters. The van der Waals surface area contributed by atoms with Crippen molar-refractivity contribution in [2.45, 2.75) is 32.7 Å². The van der Waals surface area contributed by atoms with E-state index in [0.29, 0.717) is 41.3 Å². The number of hydrogen-bond donors (Lipinski definition) is 3. The molecule has 10 nitrogen and oxygen atoms in total. The molecule has 39 heavy (non-hydrogen) atoms. The van der Waals surface area contributed by atoms with Gasteiger partial charge in [0.2, 0.25) is 0 Å². The van der Waals surface area contributed by atoms with Crippen molar-refractivity contribution >= 4 is 36.7 Å². The molecule has 0 fully saturated rings. The van der Waals surface area contributed by atoms with Crippen LogP contribution in [0.1, 0.15) is 59.0 Å². The van der Waals surface area contributed by atoms with E-state index in [1.54, 1.807) is 49.2 Å². The van der Waals surface area contributed by atoms with Gasteiger partial charge in [0.05, 0.1) is 20.4 Å². The largest absolute Gasteiger partial charge is 0.493 e. The molecule has 3 N–H and O–H groups in total. The van der Waals surface area contributed by atoms with Gasteiger partial charge in [-0.1, -0.05) is 38.1 Å². The SMILES string of the molecule is Bc1cc(C2C3=C(CC(C)(C)CC3=O)Nc3c(C(=O)NNC(=O)c4ccccc4)cnn32)cc(OC)c1OC. The van der Waals surface area contributed by atoms with Gasteiger partial charge in [0.25, 0.3) is 11.8 Å². The highest BCUT2D eigenvalue weighted by atomic mass is 16.5. The number of methoxy groups -OCH3 is 2. The van der Waals surface area contributed by atoms with E-state index >= 15 is 0 Å². The Morgan fingerprint density at radius 3 is 2.49 bits per heavy atom. The maximum absolute atomic E-state index is 13.5. The molecule has 2 heterocycles. The lowest BCUT2D eigenvalue weighted by Gasteiger charge is -2.39. The molecule has 2 aromatic carbocycles. The quantitative estimate of drug-likeness (QED) is 0.342. The predicted molar refractivity (Wildman–Crippen MR) is 148 cm³/mol. The number of aromatic nitrogens is 2. The average molecular weight is 527 g/mol. The number of benzene rings is 2. The van der Waals surface area contributed by atoms with Gasteiger partial charge in [-0.25, -0.2) is 4.68 Å². The van der Waals surface area contributed by atoms with E-state index in [1.165, 1.54) is 6.20 Å². The highest BCUT2D eigenvalue weighted by Gasteiger charge is 2.42. The first-order chi connectivity index (χ1) is 18.6. The Morgan fingerprint density at radius 2 is 1.79 bits per heavy atom. The van der Waals surface area contributed by atoms with Crippen LogP contribution in [0.15, 0.2) is 59.9 Å². The number of nitrogens with one attached hydrogen (secondary N) is 3. The van der Waals surface area contributed by atoms with E-state index in [9.17, 15) is 14.4 Å². The van der Waals surface area contributed by atoms with Gasteiger partial charge in [-0.3, -0.25) is 25.2 Å². The van der Waals surface area contributed by atoms with Gasteiger partial charge in [-0.15, -0.1) is 0 Å². The lowest BCUT2D eigenvalue weighted by atomic mass is 9.72. The zero-order valence-corrected chi connectivity index (χ0v) is 22.5. The van der Waals surface area contributed by atoms with Gasteiger partial charge in [-0.05, 0) is 41.1 Å². The van der Waals surface area contributed by atoms with Crippen LogP contribution in [0, 0.1) is 5.41 Å². The zero-order chi connectivity index (χ0) is 27.9. The summed E-state index contributed by atoms with van der Waals surface area (Å²) in [6.07, 6.45) is 2.45. The van der Waals surface area contributed by atoms with Gasteiger partial charge < -0.3 is 14.8 Å². The van der Waals surface area contributed by atoms with Crippen LogP contribution in [-0.4, -0.2) is 49.4 Å². The molecule has 0 bridgehead atoms. The van der Waals surface area contributed by atoms with Crippen molar-refractivity contribution in [1.82, 2.24) is 20.6 Å². The van der Waals surface area contributed by atoms with Crippen LogP contribution >= 0.6 is 0 Å². The first kappa shape index (κ1) is 26.1. The summed E-state index contributed by atoms with van der Waals surface area (Å²) >= 11 is 0. The third kappa shape index (κ3) is 4.76. The Morgan fingerprint density at radius 1 is 1.08 bits per heavy atom. The molecule has 1 aromatic heterocycles. The first-order valence-electron chi connectivity index (χ1n) is 12.6. The minimum atomic E-state index is -0.584. The molecule has 200 valence electrons. The molecule has 3 aromatic rings. The number of Topliss-reactive ketones (excluding diaryl/α,β-unsaturated/α-hetero) is 1. The fourth-order valence-electron chi connectivity index (χ4n) is 5.37. The number of hydrogen-bond acceptors (Lipinski definition) is 7. The number of carbonyl (C=O) groups excluding carboxylic acids is 3. The minimum absolute atomic E-state index is 0.0217. The molecule has 2 aliphatic rings. The summed E-state index contributed by atoms with van der Waals surface area (Å²) in [5.41, 5.74) is 8.29. The van der Waals surface area contributed by atoms with Crippen molar-refractivity contribution in [3.05, 3.63) is 76.6 Å². The van der Waals surface area contributed by atoms with Crippen LogP contribution in [0.4, 0.5) is 5.82 Å². The van der Waals surface area contributed by atoms with Crippen LogP contribution in [0.5, 0.6) is 11.5 Å². The van der Waals surface area contributed by atoms with E-state index < -0.39 is 17.9 Å². The third-order valence-electron chi connectivity index (χ3n) is 7.08. The van der Waals surface area contributed by atoms with Crippen molar-refractivity contribution in [3.63, 3.8) is 0 Å². The van der Waals surface area contributed by atoms with Crippen molar-refractivity contribution < 1.29 is 23.9 Å². The number of carbonyl (C=O) groups is 3. The Kier molecular flexibility index (Phi) is 6.67. The molecule has 1 aliphatic heterocycles. The monoisotopic (exact) mass is 527 g/mol. The fourth-order valence-corrected chi connectivity index (χ4v) is 5.37. The van der Waals surface area contributed by atoms with Crippen molar-refractivity contribution in [3.8, 4) is 11.5 Å². The Hall–Kier alpha value is -4.54. The van der Waals surface area contributed by atoms with E-state index in [1.807, 2.05) is 33.8 Å². The summed E-state index contributed by atoms with van der Waals surface area (Å²) in [6.45, 7) is 4.09. The van der Waals surface area contributed by atoms with Crippen molar-refractivity contribution in [1.29, 1.82) is 0 Å². The fraction of sp³-hybridized carbons (Fsp3) is 0.286. The standard InChI is InChI=1S/C28H30BN5O5/c1-28(2)12-19-22(20(35)13-28)23(16-10-18(29)24(39-4)21(11-16)38-3)34-25(31-19)17(14-30-34)27(37)33-32-26(36)15-8-6-5-7-9-15/h5-11,14,23,31H,12-13,29H2,1-4H3,(H,32,36)(H,33,37). The molecule has 0 spiro atoms. The molecule has 0 saturated heterocycles. The Balaban J connectivity index is 1.55. The first-order valence-corrected chi connectivity index (χ1v) is 12.6. The number of amides is 2. The number of hydrazine groups is 1. The Labute approximate surface area is 227 Å². The van der Waals surface area contributed by atoms with Crippen LogP contribution < -0.4 is 31.1 Å². The maximum Gasteiger partial charge on any atom is 0.275 e. The van der Waals surface area contributed by atoms with Gasteiger partial charge in [0.1, 0.15) is 25.3 Å². The summed E-state index contributed by atoms with van der Waals surface area (Å²) in [6, 6.07) is 11.8. The molecule has 1 aliphatic carbocycles. The number of allylic oxidation sites excluding steroid dienone is 2. The van der Waals surface area contributed by atoms with E-state index in [4.69, 9.17) is 9.47 Å². The van der Waals surface area contributed by atoms with Crippen LogP contribution in [0.25, 0.3) is 0 Å². The molecular weight excluding hydrogens is 497 g/mol. The number of fused-ring (bicyclic) bond motifs is 1. The average Bonchev–Trinajstić information content (AvgIpc) is 3.33. The predicted octanol–water partition coefficient (Wildman–Crippen LogP) is 1.89. The van der Waals surface area contributed by atoms with Crippen molar-refractivity contribution in [2.75, 3.05) is 19.5 Å². The summed E-state index contributed by atoms with van der Waals surface area (Å²) in [7, 11) is 5.05. The number of anilines is 1. The molecular formula is C28H30BN5O5. The van der Waals surface area contributed by atoms with Gasteiger partial charge >= 0.3 is 0 Å². The second-order valence-electron chi connectivity index (χ2n) is 10.6. The third-order valence-corrected chi connectivity index (χ3v) is 7.08. The van der Waals surface area contributed by atoms with E-state index in [0.717, 1.165) is 16.7 Å². The molecule has 1 unspecified atom stereocenters. The second-order valence-corrected chi connectivity index (χ2v) is 10.6. The Bertz CT molecular complexity index is 1510. The van der Waals surface area contributed by atoms with Crippen LogP contribution in [-0.2, 0) is 4.79 Å². The van der Waals surface area contributed by atoms with Crippen molar-refractivity contribution in [2.24, 2.45) is 5.41 Å². The summed E-state index contributed by atoms with van der Waals surface area (Å²) in [4.78, 5) is 39.2. The van der Waals surface area contributed by atoms with Crippen LogP contribution in [0.2, 0.25) is 0 Å². The van der Waals surface area contributed by atoms with Gasteiger partial charge in [0.15, 0.2) is 17.3 Å². The number of ketones is 1. The smallest absolute Gasteiger partial charge is 0.275 e. The van der Waals surface area contributed by atoms with Gasteiger partial charge in [0, 0.05) is 23.3 Å². The highest BCUT2D eigenvalue weighted by molar-refractivity contribution is 6.34. The highest BCUT2D eigenvalue weighted by Crippen LogP contribution is 2.47. The summed E-state index contributed by atoms with van der Waals surface area (Å²) in [5.74, 6) is 0.612. The van der Waals surface area contributed by atoms with Gasteiger partial charge in [-0.2, -0.15) is 5.10 Å². The summed E-state index contributed by atoms with van der Waals surface area (Å²) in [5, 5.41) is 7.86. The summed E-state index contributed by atoms with van der Waals surface area (Å²) < 4.78 is 12.8. The molecule has 5 rings (SSSR count). The minimum Gasteiger partial charge on any atom is -0.493 e. The normalized spacial score (nSPS) is 17.4. The number of nitrogens with zero attached hydrogens (tertiary/aromatic N) is 2. The zero-order valence-electron chi connectivity index (χ0n) is 22.5. The number of rotatable bonds is 5. The maximum atomic E-state index is 13.5. The number of ether oxygens (including phenoxy) is 2. The molecule has 0 radical (unpaired) electrons. The lowest BCUT2D eigenvalue weighted by molar-refractivity contribution is -0.118. The molecule has 0 saturated carbocycles. The lowest BCUT2D eigenvalue weighted by Crippen LogP contribution is -2.42. The van der Waals surface area contributed by atoms with E-state index in [2.05, 4.69) is 21.3 Å². The van der Waals surface area contributed by atoms with Crippen LogP contribution in [0.3, 0.4) is 0 Å². The second kappa shape index (κ2) is 9.97. The molecule has 11 heteroatoms.